The number of ketones is 1. The SMILES string of the molecule is O=C(/C=C/c1ccccc1)C(C#Cc1ccccc1)=C1SCCS1. The largest absolute Gasteiger partial charge is 0.288 e. The van der Waals surface area contributed by atoms with Crippen LogP contribution in [0.4, 0.5) is 0 Å². The summed E-state index contributed by atoms with van der Waals surface area (Å²) in [6, 6.07) is 19.6. The summed E-state index contributed by atoms with van der Waals surface area (Å²) >= 11 is 3.44. The Bertz CT molecular complexity index is 816. The molecule has 2 aromatic carbocycles. The quantitative estimate of drug-likeness (QED) is 0.573. The first-order chi connectivity index (χ1) is 11.8. The molecule has 0 atom stereocenters. The average Bonchev–Trinajstić information content (AvgIpc) is 3.16. The van der Waals surface area contributed by atoms with Gasteiger partial charge in [0.1, 0.15) is 0 Å². The molecule has 118 valence electrons. The molecule has 0 spiro atoms. The van der Waals surface area contributed by atoms with Crippen molar-refractivity contribution in [1.82, 2.24) is 0 Å². The van der Waals surface area contributed by atoms with E-state index >= 15 is 0 Å². The van der Waals surface area contributed by atoms with Crippen molar-refractivity contribution in [2.24, 2.45) is 0 Å². The van der Waals surface area contributed by atoms with Gasteiger partial charge < -0.3 is 0 Å². The molecule has 0 N–H and O–H groups in total. The topological polar surface area (TPSA) is 17.1 Å². The summed E-state index contributed by atoms with van der Waals surface area (Å²) in [5.74, 6) is 8.25. The summed E-state index contributed by atoms with van der Waals surface area (Å²) in [6.07, 6.45) is 3.47. The molecule has 1 aliphatic heterocycles. The second-order valence-electron chi connectivity index (χ2n) is 5.08. The van der Waals surface area contributed by atoms with Gasteiger partial charge in [0.2, 0.25) is 0 Å². The van der Waals surface area contributed by atoms with Crippen molar-refractivity contribution in [3.63, 3.8) is 0 Å². The Morgan fingerprint density at radius 1 is 0.917 bits per heavy atom. The minimum Gasteiger partial charge on any atom is -0.288 e. The van der Waals surface area contributed by atoms with Crippen LogP contribution in [0.15, 0.2) is 76.5 Å². The van der Waals surface area contributed by atoms with Crippen molar-refractivity contribution in [2.45, 2.75) is 0 Å². The predicted molar refractivity (Wildman–Crippen MR) is 106 cm³/mol. The van der Waals surface area contributed by atoms with Crippen LogP contribution >= 0.6 is 23.5 Å². The molecule has 0 amide bonds. The molecule has 3 rings (SSSR count). The third kappa shape index (κ3) is 4.67. The molecule has 2 aromatic rings. The number of carbonyl (C=O) groups is 1. The van der Waals surface area contributed by atoms with Gasteiger partial charge in [0.25, 0.3) is 0 Å². The first-order valence-corrected chi connectivity index (χ1v) is 9.64. The molecule has 0 aromatic heterocycles. The first-order valence-electron chi connectivity index (χ1n) is 7.67. The molecular weight excluding hydrogens is 332 g/mol. The van der Waals surface area contributed by atoms with Crippen LogP contribution in [0.1, 0.15) is 11.1 Å². The van der Waals surface area contributed by atoms with Crippen LogP contribution in [0.3, 0.4) is 0 Å². The van der Waals surface area contributed by atoms with Crippen molar-refractivity contribution in [2.75, 3.05) is 11.5 Å². The van der Waals surface area contributed by atoms with E-state index in [0.29, 0.717) is 5.57 Å². The summed E-state index contributed by atoms with van der Waals surface area (Å²) in [7, 11) is 0. The maximum absolute atomic E-state index is 12.7. The van der Waals surface area contributed by atoms with Gasteiger partial charge in [-0.1, -0.05) is 66.4 Å². The molecule has 1 saturated heterocycles. The Kier molecular flexibility index (Phi) is 6.01. The van der Waals surface area contributed by atoms with Crippen LogP contribution < -0.4 is 0 Å². The number of thioether (sulfide) groups is 2. The van der Waals surface area contributed by atoms with Crippen molar-refractivity contribution in [3.05, 3.63) is 87.7 Å². The Morgan fingerprint density at radius 3 is 2.21 bits per heavy atom. The lowest BCUT2D eigenvalue weighted by atomic mass is 10.1. The standard InChI is InChI=1S/C21H16OS2/c22-20(14-12-18-9-5-2-6-10-18)19(21-23-15-16-24-21)13-11-17-7-3-1-4-8-17/h1-10,12,14H,15-16H2/b14-12+. The second-order valence-corrected chi connectivity index (χ2v) is 7.55. The van der Waals surface area contributed by atoms with Gasteiger partial charge in [-0.05, 0) is 23.8 Å². The smallest absolute Gasteiger partial charge is 0.195 e. The van der Waals surface area contributed by atoms with Crippen LogP contribution in [-0.2, 0) is 4.79 Å². The maximum Gasteiger partial charge on any atom is 0.195 e. The zero-order valence-electron chi connectivity index (χ0n) is 13.1. The molecule has 0 bridgehead atoms. The molecule has 1 aliphatic rings. The zero-order valence-corrected chi connectivity index (χ0v) is 14.7. The summed E-state index contributed by atoms with van der Waals surface area (Å²) in [5, 5.41) is 0. The third-order valence-corrected chi connectivity index (χ3v) is 6.05. The highest BCUT2D eigenvalue weighted by molar-refractivity contribution is 8.25. The second kappa shape index (κ2) is 8.63. The minimum absolute atomic E-state index is 0.0285. The van der Waals surface area contributed by atoms with E-state index in [4.69, 9.17) is 0 Å². The van der Waals surface area contributed by atoms with Gasteiger partial charge in [-0.2, -0.15) is 0 Å². The number of hydrogen-bond donors (Lipinski definition) is 0. The fourth-order valence-electron chi connectivity index (χ4n) is 2.14. The van der Waals surface area contributed by atoms with Gasteiger partial charge in [-0.3, -0.25) is 4.79 Å². The van der Waals surface area contributed by atoms with E-state index in [1.165, 1.54) is 0 Å². The fourth-order valence-corrected chi connectivity index (χ4v) is 4.61. The van der Waals surface area contributed by atoms with Gasteiger partial charge in [0.15, 0.2) is 5.78 Å². The van der Waals surface area contributed by atoms with Gasteiger partial charge in [-0.15, -0.1) is 23.5 Å². The van der Waals surface area contributed by atoms with E-state index in [9.17, 15) is 4.79 Å². The Morgan fingerprint density at radius 2 is 1.54 bits per heavy atom. The normalized spacial score (nSPS) is 13.6. The van der Waals surface area contributed by atoms with Crippen LogP contribution in [-0.4, -0.2) is 17.3 Å². The Hall–Kier alpha value is -2.15. The zero-order chi connectivity index (χ0) is 16.6. The number of allylic oxidation sites excluding steroid dienone is 2. The molecule has 0 radical (unpaired) electrons. The van der Waals surface area contributed by atoms with E-state index in [-0.39, 0.29) is 5.78 Å². The summed E-state index contributed by atoms with van der Waals surface area (Å²) in [5.41, 5.74) is 2.54. The average molecular weight is 348 g/mol. The molecule has 0 unspecified atom stereocenters. The van der Waals surface area contributed by atoms with Crippen molar-refractivity contribution >= 4 is 35.4 Å². The molecule has 0 aliphatic carbocycles. The lowest BCUT2D eigenvalue weighted by Gasteiger charge is -2.00. The van der Waals surface area contributed by atoms with E-state index in [2.05, 4.69) is 11.8 Å². The minimum atomic E-state index is -0.0285. The maximum atomic E-state index is 12.7. The van der Waals surface area contributed by atoms with Crippen LogP contribution in [0.2, 0.25) is 0 Å². The number of hydrogen-bond acceptors (Lipinski definition) is 3. The summed E-state index contributed by atoms with van der Waals surface area (Å²) in [4.78, 5) is 12.7. The molecule has 3 heteroatoms. The predicted octanol–water partition coefficient (Wildman–Crippen LogP) is 5.01. The highest BCUT2D eigenvalue weighted by Crippen LogP contribution is 2.38. The van der Waals surface area contributed by atoms with Crippen LogP contribution in [0, 0.1) is 11.8 Å². The van der Waals surface area contributed by atoms with E-state index in [1.54, 1.807) is 29.6 Å². The third-order valence-electron chi connectivity index (χ3n) is 3.33. The molecule has 24 heavy (non-hydrogen) atoms. The molecule has 0 saturated carbocycles. The lowest BCUT2D eigenvalue weighted by molar-refractivity contribution is -0.110. The van der Waals surface area contributed by atoms with Gasteiger partial charge in [0.05, 0.1) is 9.81 Å². The van der Waals surface area contributed by atoms with Crippen molar-refractivity contribution < 1.29 is 4.79 Å². The monoisotopic (exact) mass is 348 g/mol. The van der Waals surface area contributed by atoms with Crippen LogP contribution in [0.5, 0.6) is 0 Å². The lowest BCUT2D eigenvalue weighted by Crippen LogP contribution is -1.98. The van der Waals surface area contributed by atoms with Gasteiger partial charge in [-0.25, -0.2) is 0 Å². The summed E-state index contributed by atoms with van der Waals surface area (Å²) < 4.78 is 1.04. The molecule has 1 heterocycles. The van der Waals surface area contributed by atoms with Crippen molar-refractivity contribution in [3.8, 4) is 11.8 Å². The number of benzene rings is 2. The van der Waals surface area contributed by atoms with Gasteiger partial charge >= 0.3 is 0 Å². The fraction of sp³-hybridized carbons (Fsp3) is 0.0952. The summed E-state index contributed by atoms with van der Waals surface area (Å²) in [6.45, 7) is 0. The van der Waals surface area contributed by atoms with Gasteiger partial charge in [0, 0.05) is 17.1 Å². The van der Waals surface area contributed by atoms with E-state index < -0.39 is 0 Å². The van der Waals surface area contributed by atoms with E-state index in [0.717, 1.165) is 26.9 Å². The van der Waals surface area contributed by atoms with Crippen LogP contribution in [0.25, 0.3) is 6.08 Å². The van der Waals surface area contributed by atoms with Crippen molar-refractivity contribution in [1.29, 1.82) is 0 Å². The Labute approximate surface area is 151 Å². The number of rotatable bonds is 3. The molecule has 1 nitrogen and oxygen atoms in total. The highest BCUT2D eigenvalue weighted by atomic mass is 32.2. The highest BCUT2D eigenvalue weighted by Gasteiger charge is 2.17. The van der Waals surface area contributed by atoms with E-state index in [1.807, 2.05) is 66.7 Å². The molecular formula is C21H16OS2. The Balaban J connectivity index is 1.86. The molecule has 1 fully saturated rings. The number of carbonyl (C=O) groups excluding carboxylic acids is 1. The first kappa shape index (κ1) is 16.7.